The van der Waals surface area contributed by atoms with E-state index in [1.165, 1.54) is 0 Å². The first-order valence-electron chi connectivity index (χ1n) is 7.96. The van der Waals surface area contributed by atoms with Crippen molar-refractivity contribution in [2.75, 3.05) is 6.54 Å². The molecule has 1 aliphatic carbocycles. The number of benzene rings is 1. The van der Waals surface area contributed by atoms with Crippen LogP contribution in [0.5, 0.6) is 0 Å². The van der Waals surface area contributed by atoms with Crippen LogP contribution in [0.1, 0.15) is 31.4 Å². The largest absolute Gasteiger partial charge is 0.391 e. The summed E-state index contributed by atoms with van der Waals surface area (Å²) >= 11 is 0. The molecule has 1 aromatic heterocycles. The summed E-state index contributed by atoms with van der Waals surface area (Å²) in [4.78, 5) is 11.9. The first-order chi connectivity index (χ1) is 11.1. The maximum atomic E-state index is 11.9. The molecule has 23 heavy (non-hydrogen) atoms. The van der Waals surface area contributed by atoms with Gasteiger partial charge in [0.05, 0.1) is 17.8 Å². The van der Waals surface area contributed by atoms with E-state index in [1.54, 1.807) is 10.9 Å². The lowest BCUT2D eigenvalue weighted by molar-refractivity contribution is 0.149. The number of hydrogen-bond donors (Lipinski definition) is 3. The van der Waals surface area contributed by atoms with Crippen LogP contribution in [0.2, 0.25) is 0 Å². The van der Waals surface area contributed by atoms with E-state index in [0.717, 1.165) is 24.1 Å². The van der Waals surface area contributed by atoms with E-state index in [9.17, 15) is 9.90 Å². The number of urea groups is 1. The molecule has 1 saturated carbocycles. The van der Waals surface area contributed by atoms with Crippen molar-refractivity contribution in [1.82, 2.24) is 20.4 Å². The molecule has 1 aliphatic rings. The smallest absolute Gasteiger partial charge is 0.315 e. The summed E-state index contributed by atoms with van der Waals surface area (Å²) in [6.45, 7) is 2.23. The van der Waals surface area contributed by atoms with Crippen molar-refractivity contribution >= 4 is 6.03 Å². The van der Waals surface area contributed by atoms with Gasteiger partial charge in [-0.05, 0) is 49.4 Å². The molecule has 0 saturated heterocycles. The quantitative estimate of drug-likeness (QED) is 0.763. The number of aromatic nitrogens is 2. The molecule has 2 aromatic rings. The van der Waals surface area contributed by atoms with Gasteiger partial charge in [-0.3, -0.25) is 0 Å². The average Bonchev–Trinajstić information content (AvgIpc) is 3.27. The third-order valence-corrected chi connectivity index (χ3v) is 4.12. The number of aliphatic hydroxyl groups is 1. The van der Waals surface area contributed by atoms with Crippen molar-refractivity contribution in [3.63, 3.8) is 0 Å². The molecule has 0 unspecified atom stereocenters. The predicted octanol–water partition coefficient (Wildman–Crippen LogP) is 2.00. The first-order valence-corrected chi connectivity index (χ1v) is 7.96. The third kappa shape index (κ3) is 4.10. The highest BCUT2D eigenvalue weighted by atomic mass is 16.3. The second-order valence-corrected chi connectivity index (χ2v) is 6.03. The fourth-order valence-electron chi connectivity index (χ4n) is 2.53. The van der Waals surface area contributed by atoms with Crippen molar-refractivity contribution < 1.29 is 9.90 Å². The molecule has 0 radical (unpaired) electrons. The maximum absolute atomic E-state index is 11.9. The fraction of sp³-hybridized carbons (Fsp3) is 0.412. The summed E-state index contributed by atoms with van der Waals surface area (Å²) in [7, 11) is 0. The maximum Gasteiger partial charge on any atom is 0.315 e. The summed E-state index contributed by atoms with van der Waals surface area (Å²) in [5.74, 6) is 0.360. The van der Waals surface area contributed by atoms with E-state index in [1.807, 2.05) is 43.5 Å². The van der Waals surface area contributed by atoms with Crippen molar-refractivity contribution in [1.29, 1.82) is 0 Å². The molecular formula is C17H22N4O2. The van der Waals surface area contributed by atoms with Gasteiger partial charge in [-0.25, -0.2) is 9.48 Å². The van der Waals surface area contributed by atoms with Crippen molar-refractivity contribution in [2.45, 2.75) is 31.9 Å². The Kier molecular flexibility index (Phi) is 4.62. The Hall–Kier alpha value is -2.34. The average molecular weight is 314 g/mol. The van der Waals surface area contributed by atoms with Gasteiger partial charge in [0.25, 0.3) is 0 Å². The number of aliphatic hydroxyl groups excluding tert-OH is 1. The standard InChI is InChI=1S/C17H22N4O2/c1-12(20-17(23)18-11-16(22)13-6-7-13)14-4-2-5-15(10-14)21-9-3-8-19-21/h2-5,8-10,12-13,16,22H,6-7,11H2,1H3,(H2,18,20,23)/t12-,16-/m1/s1. The van der Waals surface area contributed by atoms with Crippen LogP contribution in [-0.4, -0.2) is 33.6 Å². The van der Waals surface area contributed by atoms with E-state index in [0.29, 0.717) is 12.5 Å². The summed E-state index contributed by atoms with van der Waals surface area (Å²) in [6.07, 6.45) is 5.29. The van der Waals surface area contributed by atoms with Gasteiger partial charge in [0, 0.05) is 18.9 Å². The van der Waals surface area contributed by atoms with Crippen LogP contribution in [0.4, 0.5) is 4.79 Å². The molecule has 0 spiro atoms. The summed E-state index contributed by atoms with van der Waals surface area (Å²) in [5, 5.41) is 19.6. The van der Waals surface area contributed by atoms with E-state index in [4.69, 9.17) is 0 Å². The van der Waals surface area contributed by atoms with Gasteiger partial charge < -0.3 is 15.7 Å². The summed E-state index contributed by atoms with van der Waals surface area (Å²) < 4.78 is 1.78. The highest BCUT2D eigenvalue weighted by Gasteiger charge is 2.29. The highest BCUT2D eigenvalue weighted by molar-refractivity contribution is 5.74. The second-order valence-electron chi connectivity index (χ2n) is 6.03. The summed E-state index contributed by atoms with van der Waals surface area (Å²) in [6, 6.07) is 9.35. The lowest BCUT2D eigenvalue weighted by Gasteiger charge is -2.17. The number of nitrogens with zero attached hydrogens (tertiary/aromatic N) is 2. The molecule has 0 bridgehead atoms. The molecule has 6 heteroatoms. The van der Waals surface area contributed by atoms with Gasteiger partial charge in [0.2, 0.25) is 0 Å². The van der Waals surface area contributed by atoms with Crippen molar-refractivity contribution in [3.8, 4) is 5.69 Å². The van der Waals surface area contributed by atoms with Crippen molar-refractivity contribution in [3.05, 3.63) is 48.3 Å². The Morgan fingerprint density at radius 1 is 1.43 bits per heavy atom. The van der Waals surface area contributed by atoms with Gasteiger partial charge in [-0.15, -0.1) is 0 Å². The Morgan fingerprint density at radius 3 is 2.96 bits per heavy atom. The normalized spacial score (nSPS) is 16.6. The van der Waals surface area contributed by atoms with Crippen LogP contribution in [-0.2, 0) is 0 Å². The molecule has 1 fully saturated rings. The first kappa shape index (κ1) is 15.6. The van der Waals surface area contributed by atoms with Gasteiger partial charge >= 0.3 is 6.03 Å². The van der Waals surface area contributed by atoms with Gasteiger partial charge in [-0.1, -0.05) is 12.1 Å². The van der Waals surface area contributed by atoms with Crippen LogP contribution in [0, 0.1) is 5.92 Å². The lowest BCUT2D eigenvalue weighted by Crippen LogP contribution is -2.41. The van der Waals surface area contributed by atoms with Crippen molar-refractivity contribution in [2.24, 2.45) is 5.92 Å². The molecule has 2 atom stereocenters. The SMILES string of the molecule is C[C@@H](NC(=O)NC[C@@H](O)C1CC1)c1cccc(-n2cccn2)c1. The van der Waals surface area contributed by atoms with Crippen LogP contribution < -0.4 is 10.6 Å². The molecule has 0 aliphatic heterocycles. The zero-order valence-electron chi connectivity index (χ0n) is 13.1. The van der Waals surface area contributed by atoms with Crippen LogP contribution in [0.3, 0.4) is 0 Å². The molecule has 122 valence electrons. The highest BCUT2D eigenvalue weighted by Crippen LogP contribution is 2.32. The molecule has 2 amide bonds. The number of carbonyl (C=O) groups is 1. The minimum atomic E-state index is -0.431. The Morgan fingerprint density at radius 2 is 2.26 bits per heavy atom. The second kappa shape index (κ2) is 6.83. The minimum absolute atomic E-state index is 0.136. The van der Waals surface area contributed by atoms with E-state index >= 15 is 0 Å². The number of amides is 2. The Labute approximate surface area is 135 Å². The van der Waals surface area contributed by atoms with Crippen LogP contribution >= 0.6 is 0 Å². The molecule has 1 heterocycles. The number of hydrogen-bond acceptors (Lipinski definition) is 3. The lowest BCUT2D eigenvalue weighted by atomic mass is 10.1. The third-order valence-electron chi connectivity index (χ3n) is 4.12. The molecule has 1 aromatic carbocycles. The molecule has 6 nitrogen and oxygen atoms in total. The molecular weight excluding hydrogens is 292 g/mol. The monoisotopic (exact) mass is 314 g/mol. The minimum Gasteiger partial charge on any atom is -0.391 e. The number of carbonyl (C=O) groups excluding carboxylic acids is 1. The van der Waals surface area contributed by atoms with Crippen LogP contribution in [0.15, 0.2) is 42.7 Å². The Balaban J connectivity index is 1.56. The number of nitrogens with one attached hydrogen (secondary N) is 2. The van der Waals surface area contributed by atoms with Crippen LogP contribution in [0.25, 0.3) is 5.69 Å². The zero-order chi connectivity index (χ0) is 16.2. The zero-order valence-corrected chi connectivity index (χ0v) is 13.1. The number of rotatable bonds is 6. The molecule has 3 N–H and O–H groups in total. The molecule has 3 rings (SSSR count). The topological polar surface area (TPSA) is 79.2 Å². The van der Waals surface area contributed by atoms with Gasteiger partial charge in [-0.2, -0.15) is 5.10 Å². The Bertz CT molecular complexity index is 652. The van der Waals surface area contributed by atoms with Gasteiger partial charge in [0.1, 0.15) is 0 Å². The van der Waals surface area contributed by atoms with Gasteiger partial charge in [0.15, 0.2) is 0 Å². The van der Waals surface area contributed by atoms with E-state index in [2.05, 4.69) is 15.7 Å². The summed E-state index contributed by atoms with van der Waals surface area (Å²) in [5.41, 5.74) is 1.95. The fourth-order valence-corrected chi connectivity index (χ4v) is 2.53. The van der Waals surface area contributed by atoms with E-state index in [-0.39, 0.29) is 12.1 Å². The van der Waals surface area contributed by atoms with E-state index < -0.39 is 6.10 Å². The predicted molar refractivity (Wildman–Crippen MR) is 87.2 cm³/mol.